The van der Waals surface area contributed by atoms with Gasteiger partial charge in [-0.1, -0.05) is 11.8 Å². The molecule has 1 aliphatic rings. The molecule has 0 aliphatic carbocycles. The van der Waals surface area contributed by atoms with Crippen LogP contribution in [-0.4, -0.2) is 65.5 Å². The first-order chi connectivity index (χ1) is 12.5. The highest BCUT2D eigenvalue weighted by molar-refractivity contribution is 8.14. The molecule has 1 rings (SSSR count). The molecule has 1 aliphatic heterocycles. The van der Waals surface area contributed by atoms with E-state index in [1.165, 1.54) is 13.8 Å². The lowest BCUT2D eigenvalue weighted by Gasteiger charge is -2.27. The number of esters is 4. The average Bonchev–Trinajstić information content (AvgIpc) is 2.79. The Hall–Kier alpha value is -2.14. The van der Waals surface area contributed by atoms with E-state index in [9.17, 15) is 24.0 Å². The molecule has 1 fully saturated rings. The predicted octanol–water partition coefficient (Wildman–Crippen LogP) is 0.349. The average molecular weight is 406 g/mol. The third-order valence-electron chi connectivity index (χ3n) is 3.23. The Bertz CT molecular complexity index is 604. The number of rotatable bonds is 7. The summed E-state index contributed by atoms with van der Waals surface area (Å²) >= 11 is 0.730. The van der Waals surface area contributed by atoms with Gasteiger partial charge in [-0.05, 0) is 0 Å². The smallest absolute Gasteiger partial charge is 0.303 e. The first-order valence-corrected chi connectivity index (χ1v) is 8.87. The predicted molar refractivity (Wildman–Crippen MR) is 90.2 cm³/mol. The maximum absolute atomic E-state index is 11.5. The third-order valence-corrected chi connectivity index (χ3v) is 4.17. The SMILES string of the molecule is CC(=O)OC[C@@H](OC(C)=O)[C@H]1O[C@H](SC(C)=O)[C@@H](OC(C)=O)[C@@H]1OC(C)=O. The lowest BCUT2D eigenvalue weighted by Crippen LogP contribution is -2.46. The number of ether oxygens (including phenoxy) is 5. The summed E-state index contributed by atoms with van der Waals surface area (Å²) in [4.78, 5) is 57.1. The Kier molecular flexibility index (Phi) is 8.70. The largest absolute Gasteiger partial charge is 0.462 e. The van der Waals surface area contributed by atoms with Crippen molar-refractivity contribution in [1.29, 1.82) is 0 Å². The van der Waals surface area contributed by atoms with Crippen LogP contribution in [0.4, 0.5) is 0 Å². The molecule has 0 unspecified atom stereocenters. The fourth-order valence-corrected chi connectivity index (χ4v) is 3.31. The van der Waals surface area contributed by atoms with Gasteiger partial charge in [0.15, 0.2) is 28.9 Å². The Balaban J connectivity index is 3.20. The molecule has 10 nitrogen and oxygen atoms in total. The van der Waals surface area contributed by atoms with Gasteiger partial charge in [-0.15, -0.1) is 0 Å². The molecule has 1 saturated heterocycles. The van der Waals surface area contributed by atoms with Crippen molar-refractivity contribution >= 4 is 40.8 Å². The van der Waals surface area contributed by atoms with Gasteiger partial charge in [-0.25, -0.2) is 0 Å². The van der Waals surface area contributed by atoms with Crippen molar-refractivity contribution in [2.45, 2.75) is 64.5 Å². The topological polar surface area (TPSA) is 132 Å². The van der Waals surface area contributed by atoms with Gasteiger partial charge in [0.25, 0.3) is 0 Å². The first kappa shape index (κ1) is 22.9. The summed E-state index contributed by atoms with van der Waals surface area (Å²) in [6, 6.07) is 0. The maximum atomic E-state index is 11.5. The van der Waals surface area contributed by atoms with Gasteiger partial charge in [-0.2, -0.15) is 0 Å². The molecule has 27 heavy (non-hydrogen) atoms. The zero-order valence-corrected chi connectivity index (χ0v) is 16.4. The zero-order chi connectivity index (χ0) is 20.7. The lowest BCUT2D eigenvalue weighted by atomic mass is 10.1. The van der Waals surface area contributed by atoms with Crippen molar-refractivity contribution < 1.29 is 47.7 Å². The molecule has 5 atom stereocenters. The van der Waals surface area contributed by atoms with Crippen molar-refractivity contribution in [3.8, 4) is 0 Å². The number of carbonyl (C=O) groups is 5. The minimum atomic E-state index is -1.18. The summed E-state index contributed by atoms with van der Waals surface area (Å²) in [6.07, 6.45) is -4.58. The second-order valence-electron chi connectivity index (χ2n) is 5.68. The molecule has 11 heteroatoms. The van der Waals surface area contributed by atoms with Gasteiger partial charge in [0.1, 0.15) is 12.7 Å². The van der Waals surface area contributed by atoms with Gasteiger partial charge in [-0.3, -0.25) is 24.0 Å². The van der Waals surface area contributed by atoms with Crippen LogP contribution >= 0.6 is 11.8 Å². The van der Waals surface area contributed by atoms with E-state index in [2.05, 4.69) is 0 Å². The van der Waals surface area contributed by atoms with E-state index in [1.807, 2.05) is 0 Å². The van der Waals surface area contributed by atoms with E-state index < -0.39 is 53.7 Å². The van der Waals surface area contributed by atoms with Crippen molar-refractivity contribution in [2.75, 3.05) is 6.61 Å². The summed E-state index contributed by atoms with van der Waals surface area (Å²) in [5.41, 5.74) is -1.00. The summed E-state index contributed by atoms with van der Waals surface area (Å²) in [6.45, 7) is 5.51. The number of hydrogen-bond donors (Lipinski definition) is 0. The van der Waals surface area contributed by atoms with Gasteiger partial charge in [0.2, 0.25) is 0 Å². The molecule has 0 N–H and O–H groups in total. The molecular weight excluding hydrogens is 384 g/mol. The van der Waals surface area contributed by atoms with Crippen molar-refractivity contribution in [3.63, 3.8) is 0 Å². The van der Waals surface area contributed by atoms with Crippen LogP contribution < -0.4 is 0 Å². The van der Waals surface area contributed by atoms with E-state index >= 15 is 0 Å². The van der Waals surface area contributed by atoms with Gasteiger partial charge >= 0.3 is 23.9 Å². The molecular formula is C16H22O10S. The standard InChI is InChI=1S/C16H22O10S/c1-7(17)22-6-12(23-8(2)18)13-14(24-9(3)19)15(25-10(4)20)16(26-13)27-11(5)21/h12-16H,6H2,1-5H3/t12-,13-,14-,15+,16-/m1/s1. The van der Waals surface area contributed by atoms with E-state index in [4.69, 9.17) is 23.7 Å². The van der Waals surface area contributed by atoms with Crippen LogP contribution in [0.15, 0.2) is 0 Å². The first-order valence-electron chi connectivity index (χ1n) is 7.99. The third kappa shape index (κ3) is 7.55. The normalized spacial score (nSPS) is 25.2. The molecule has 152 valence electrons. The minimum absolute atomic E-state index is 0.330. The van der Waals surface area contributed by atoms with E-state index in [0.29, 0.717) is 0 Å². The summed E-state index contributed by atoms with van der Waals surface area (Å²) < 4.78 is 26.1. The molecule has 0 amide bonds. The summed E-state index contributed by atoms with van der Waals surface area (Å²) in [7, 11) is 0. The number of thioether (sulfide) groups is 1. The van der Waals surface area contributed by atoms with Crippen LogP contribution in [-0.2, 0) is 47.7 Å². The maximum Gasteiger partial charge on any atom is 0.303 e. The highest BCUT2D eigenvalue weighted by atomic mass is 32.2. The Morgan fingerprint density at radius 1 is 0.852 bits per heavy atom. The second kappa shape index (κ2) is 10.3. The van der Waals surface area contributed by atoms with Crippen LogP contribution in [0.2, 0.25) is 0 Å². The number of carbonyl (C=O) groups excluding carboxylic acids is 5. The van der Waals surface area contributed by atoms with E-state index in [-0.39, 0.29) is 11.7 Å². The Morgan fingerprint density at radius 3 is 1.85 bits per heavy atom. The molecule has 1 heterocycles. The lowest BCUT2D eigenvalue weighted by molar-refractivity contribution is -0.176. The molecule has 0 aromatic rings. The highest BCUT2D eigenvalue weighted by Gasteiger charge is 2.53. The van der Waals surface area contributed by atoms with Crippen LogP contribution in [0, 0.1) is 0 Å². The fraction of sp³-hybridized carbons (Fsp3) is 0.688. The Labute approximate surface area is 160 Å². The van der Waals surface area contributed by atoms with Crippen LogP contribution in [0.1, 0.15) is 34.6 Å². The molecule has 0 aromatic carbocycles. The van der Waals surface area contributed by atoms with Crippen LogP contribution in [0.5, 0.6) is 0 Å². The van der Waals surface area contributed by atoms with Crippen molar-refractivity contribution in [3.05, 3.63) is 0 Å². The van der Waals surface area contributed by atoms with Crippen molar-refractivity contribution in [2.24, 2.45) is 0 Å². The van der Waals surface area contributed by atoms with Crippen LogP contribution in [0.3, 0.4) is 0 Å². The molecule has 0 radical (unpaired) electrons. The Morgan fingerprint density at radius 2 is 1.41 bits per heavy atom. The quantitative estimate of drug-likeness (QED) is 0.428. The van der Waals surface area contributed by atoms with E-state index in [0.717, 1.165) is 32.5 Å². The highest BCUT2D eigenvalue weighted by Crippen LogP contribution is 2.36. The molecule has 0 saturated carbocycles. The summed E-state index contributed by atoms with van der Waals surface area (Å²) in [5.74, 6) is -2.70. The second-order valence-corrected chi connectivity index (χ2v) is 6.95. The molecule has 0 spiro atoms. The van der Waals surface area contributed by atoms with Crippen LogP contribution in [0.25, 0.3) is 0 Å². The minimum Gasteiger partial charge on any atom is -0.462 e. The van der Waals surface area contributed by atoms with E-state index in [1.54, 1.807) is 0 Å². The van der Waals surface area contributed by atoms with Gasteiger partial charge < -0.3 is 23.7 Å². The fourth-order valence-electron chi connectivity index (χ4n) is 2.46. The monoisotopic (exact) mass is 406 g/mol. The van der Waals surface area contributed by atoms with Crippen molar-refractivity contribution in [1.82, 2.24) is 0 Å². The van der Waals surface area contributed by atoms with Gasteiger partial charge in [0.05, 0.1) is 0 Å². The van der Waals surface area contributed by atoms with Gasteiger partial charge in [0, 0.05) is 34.6 Å². The zero-order valence-electron chi connectivity index (χ0n) is 15.6. The number of hydrogen-bond acceptors (Lipinski definition) is 11. The molecule has 0 bridgehead atoms. The molecule has 0 aromatic heterocycles. The summed E-state index contributed by atoms with van der Waals surface area (Å²) in [5, 5.41) is -0.330.